The highest BCUT2D eigenvalue weighted by atomic mass is 19.4. The third-order valence-electron chi connectivity index (χ3n) is 7.10. The molecule has 2 saturated heterocycles. The zero-order valence-electron chi connectivity index (χ0n) is 27.1. The second-order valence-corrected chi connectivity index (χ2v) is 13.5. The number of anilines is 2. The number of benzene rings is 2. The van der Waals surface area contributed by atoms with Gasteiger partial charge in [0.15, 0.2) is 0 Å². The van der Waals surface area contributed by atoms with E-state index in [2.05, 4.69) is 92.3 Å². The van der Waals surface area contributed by atoms with Gasteiger partial charge in [-0.1, -0.05) is 73.1 Å². The van der Waals surface area contributed by atoms with Crippen LogP contribution in [0.15, 0.2) is 48.5 Å². The summed E-state index contributed by atoms with van der Waals surface area (Å²) in [6, 6.07) is 14.4. The fourth-order valence-electron chi connectivity index (χ4n) is 5.29. The number of alkyl halides is 3. The van der Waals surface area contributed by atoms with Crippen LogP contribution in [0.1, 0.15) is 66.5 Å². The van der Waals surface area contributed by atoms with Crippen LogP contribution in [0.5, 0.6) is 0 Å². The van der Waals surface area contributed by atoms with E-state index in [0.29, 0.717) is 5.41 Å². The van der Waals surface area contributed by atoms with E-state index in [0.717, 1.165) is 63.6 Å². The maximum Gasteiger partial charge on any atom is 0.416 e. The highest BCUT2D eigenvalue weighted by Gasteiger charge is 2.30. The third kappa shape index (κ3) is 12.7. The molecule has 232 valence electrons. The second kappa shape index (κ2) is 15.3. The molecule has 4 rings (SSSR count). The second-order valence-electron chi connectivity index (χ2n) is 13.5. The summed E-state index contributed by atoms with van der Waals surface area (Å²) in [7, 11) is 0. The molecule has 2 heterocycles. The van der Waals surface area contributed by atoms with Crippen LogP contribution in [-0.4, -0.2) is 75.2 Å². The topological polar surface area (TPSA) is 13.0 Å². The van der Waals surface area contributed by atoms with E-state index in [9.17, 15) is 13.2 Å². The molecule has 0 spiro atoms. The van der Waals surface area contributed by atoms with Crippen molar-refractivity contribution >= 4 is 11.4 Å². The summed E-state index contributed by atoms with van der Waals surface area (Å²) >= 11 is 0. The Hall–Kier alpha value is -2.25. The van der Waals surface area contributed by atoms with Crippen LogP contribution in [-0.2, 0) is 6.18 Å². The van der Waals surface area contributed by atoms with Crippen molar-refractivity contribution in [3.63, 3.8) is 0 Å². The van der Waals surface area contributed by atoms with E-state index in [-0.39, 0.29) is 5.41 Å². The lowest BCUT2D eigenvalue weighted by Gasteiger charge is -2.38. The average molecular weight is 577 g/mol. The van der Waals surface area contributed by atoms with Crippen molar-refractivity contribution < 1.29 is 13.2 Å². The summed E-state index contributed by atoms with van der Waals surface area (Å²) in [6.07, 6.45) is -4.26. The van der Waals surface area contributed by atoms with E-state index in [1.807, 2.05) is 13.8 Å². The first-order valence-electron chi connectivity index (χ1n) is 15.3. The molecule has 2 fully saturated rings. The summed E-state index contributed by atoms with van der Waals surface area (Å²) in [6.45, 7) is 30.3. The fourth-order valence-corrected chi connectivity index (χ4v) is 5.29. The van der Waals surface area contributed by atoms with Crippen molar-refractivity contribution in [2.45, 2.75) is 68.5 Å². The minimum absolute atomic E-state index is 0.274. The molecular formula is C34H55F3N4. The first-order chi connectivity index (χ1) is 19.1. The van der Waals surface area contributed by atoms with E-state index in [1.54, 1.807) is 12.1 Å². The molecule has 0 amide bonds. The van der Waals surface area contributed by atoms with Gasteiger partial charge in [0.25, 0.3) is 0 Å². The largest absolute Gasteiger partial charge is 0.416 e. The Bertz CT molecular complexity index is 989. The Morgan fingerprint density at radius 1 is 0.537 bits per heavy atom. The summed E-state index contributed by atoms with van der Waals surface area (Å²) in [5, 5.41) is 0. The smallest absolute Gasteiger partial charge is 0.369 e. The van der Waals surface area contributed by atoms with Crippen molar-refractivity contribution in [2.24, 2.45) is 10.8 Å². The standard InChI is InChI=1S/C16H23F3N2.C16H26N2.C2H6/c1-15(2,3)12-20-8-10-21(11-9-20)14-6-4-13(5-7-14)16(17,18)19;1-14-5-7-15(8-6-14)18-11-9-17(10-12-18)13-16(2,3)4;1-2/h4-7H,8-12H2,1-3H3;5-8H,9-13H2,1-4H3;1-2H3. The molecule has 0 saturated carbocycles. The Kier molecular flexibility index (Phi) is 13.0. The molecule has 7 heteroatoms. The number of piperazine rings is 2. The summed E-state index contributed by atoms with van der Waals surface area (Å²) < 4.78 is 37.7. The molecule has 0 bridgehead atoms. The number of aryl methyl sites for hydroxylation is 1. The average Bonchev–Trinajstić information content (AvgIpc) is 2.89. The van der Waals surface area contributed by atoms with Gasteiger partial charge in [-0.2, -0.15) is 13.2 Å². The first-order valence-corrected chi connectivity index (χ1v) is 15.3. The van der Waals surface area contributed by atoms with Gasteiger partial charge in [0.1, 0.15) is 0 Å². The van der Waals surface area contributed by atoms with E-state index in [4.69, 9.17) is 0 Å². The molecule has 0 aromatic heterocycles. The molecule has 2 aromatic rings. The maximum atomic E-state index is 12.6. The fraction of sp³-hybridized carbons (Fsp3) is 0.647. The van der Waals surface area contributed by atoms with Crippen LogP contribution < -0.4 is 9.80 Å². The zero-order valence-corrected chi connectivity index (χ0v) is 27.1. The molecule has 2 aliphatic heterocycles. The molecule has 2 aliphatic rings. The summed E-state index contributed by atoms with van der Waals surface area (Å²) in [5.74, 6) is 0. The molecule has 41 heavy (non-hydrogen) atoms. The quantitative estimate of drug-likeness (QED) is 0.365. The summed E-state index contributed by atoms with van der Waals surface area (Å²) in [5.41, 5.74) is 3.68. The van der Waals surface area contributed by atoms with Crippen LogP contribution in [0.3, 0.4) is 0 Å². The van der Waals surface area contributed by atoms with Crippen molar-refractivity contribution in [2.75, 3.05) is 75.2 Å². The van der Waals surface area contributed by atoms with Gasteiger partial charge < -0.3 is 9.80 Å². The van der Waals surface area contributed by atoms with Gasteiger partial charge in [-0.15, -0.1) is 0 Å². The number of nitrogens with zero attached hydrogens (tertiary/aromatic N) is 4. The van der Waals surface area contributed by atoms with Gasteiger partial charge in [0.05, 0.1) is 5.56 Å². The van der Waals surface area contributed by atoms with Crippen LogP contribution in [0.25, 0.3) is 0 Å². The lowest BCUT2D eigenvalue weighted by molar-refractivity contribution is -0.137. The molecule has 0 N–H and O–H groups in total. The lowest BCUT2D eigenvalue weighted by atomic mass is 9.95. The Balaban J connectivity index is 0.000000273. The number of rotatable bonds is 4. The van der Waals surface area contributed by atoms with Crippen LogP contribution in [0.4, 0.5) is 24.5 Å². The monoisotopic (exact) mass is 576 g/mol. The first kappa shape index (κ1) is 34.9. The normalized spacial score (nSPS) is 17.4. The van der Waals surface area contributed by atoms with Gasteiger partial charge in [0, 0.05) is 76.8 Å². The summed E-state index contributed by atoms with van der Waals surface area (Å²) in [4.78, 5) is 9.66. The number of hydrogen-bond donors (Lipinski definition) is 0. The molecular weight excluding hydrogens is 521 g/mol. The Morgan fingerprint density at radius 2 is 0.854 bits per heavy atom. The van der Waals surface area contributed by atoms with Crippen LogP contribution >= 0.6 is 0 Å². The number of halogens is 3. The van der Waals surface area contributed by atoms with Gasteiger partial charge in [-0.05, 0) is 54.2 Å². The van der Waals surface area contributed by atoms with E-state index < -0.39 is 11.7 Å². The van der Waals surface area contributed by atoms with Crippen molar-refractivity contribution in [3.05, 3.63) is 59.7 Å². The van der Waals surface area contributed by atoms with Gasteiger partial charge in [0.2, 0.25) is 0 Å². The minimum Gasteiger partial charge on any atom is -0.369 e. The van der Waals surface area contributed by atoms with Crippen molar-refractivity contribution in [1.29, 1.82) is 0 Å². The van der Waals surface area contributed by atoms with Crippen LogP contribution in [0, 0.1) is 17.8 Å². The predicted octanol–water partition coefficient (Wildman–Crippen LogP) is 8.06. The third-order valence-corrected chi connectivity index (χ3v) is 7.10. The zero-order chi connectivity index (χ0) is 30.8. The van der Waals surface area contributed by atoms with Crippen molar-refractivity contribution in [1.82, 2.24) is 9.80 Å². The molecule has 4 nitrogen and oxygen atoms in total. The SMILES string of the molecule is CC.CC(C)(C)CN1CCN(c2ccc(C(F)(F)F)cc2)CC1.Cc1ccc(N2CCN(CC(C)(C)C)CC2)cc1. The van der Waals surface area contributed by atoms with Gasteiger partial charge >= 0.3 is 6.18 Å². The molecule has 0 unspecified atom stereocenters. The molecule has 0 radical (unpaired) electrons. The highest BCUT2D eigenvalue weighted by molar-refractivity contribution is 5.49. The Morgan fingerprint density at radius 3 is 1.15 bits per heavy atom. The Labute approximate surface area is 248 Å². The number of hydrogen-bond acceptors (Lipinski definition) is 4. The molecule has 2 aromatic carbocycles. The van der Waals surface area contributed by atoms with E-state index in [1.165, 1.54) is 30.9 Å². The molecule has 0 atom stereocenters. The van der Waals surface area contributed by atoms with Gasteiger partial charge in [-0.25, -0.2) is 0 Å². The minimum atomic E-state index is -4.26. The molecule has 0 aliphatic carbocycles. The maximum absolute atomic E-state index is 12.6. The van der Waals surface area contributed by atoms with E-state index >= 15 is 0 Å². The lowest BCUT2D eigenvalue weighted by Crippen LogP contribution is -2.48. The predicted molar refractivity (Wildman–Crippen MR) is 170 cm³/mol. The van der Waals surface area contributed by atoms with Crippen molar-refractivity contribution in [3.8, 4) is 0 Å². The van der Waals surface area contributed by atoms with Crippen LogP contribution in [0.2, 0.25) is 0 Å². The highest BCUT2D eigenvalue weighted by Crippen LogP contribution is 2.31. The van der Waals surface area contributed by atoms with Gasteiger partial charge in [-0.3, -0.25) is 9.80 Å².